The van der Waals surface area contributed by atoms with Gasteiger partial charge in [-0.25, -0.2) is 15.0 Å². The molecule has 0 N–H and O–H groups in total. The van der Waals surface area contributed by atoms with Crippen LogP contribution in [0, 0.1) is 0 Å². The number of thiophene rings is 1. The number of nitrogens with zero attached hydrogens (tertiary/aromatic N) is 3. The van der Waals surface area contributed by atoms with Gasteiger partial charge in [-0.2, -0.15) is 0 Å². The van der Waals surface area contributed by atoms with Gasteiger partial charge >= 0.3 is 0 Å². The first-order valence-electron chi connectivity index (χ1n) is 20.5. The van der Waals surface area contributed by atoms with Gasteiger partial charge < -0.3 is 0 Å². The number of hydrogen-bond donors (Lipinski definition) is 0. The molecular weight excluding hydrogens is 747 g/mol. The highest BCUT2D eigenvalue weighted by molar-refractivity contribution is 7.27. The second kappa shape index (κ2) is 13.4. The molecule has 0 radical (unpaired) electrons. The van der Waals surface area contributed by atoms with Gasteiger partial charge in [0.05, 0.1) is 0 Å². The lowest BCUT2D eigenvalue weighted by Crippen LogP contribution is -2.15. The van der Waals surface area contributed by atoms with Crippen molar-refractivity contribution < 1.29 is 0 Å². The van der Waals surface area contributed by atoms with Crippen molar-refractivity contribution in [2.24, 2.45) is 0 Å². The Morgan fingerprint density at radius 2 is 0.900 bits per heavy atom. The normalized spacial score (nSPS) is 13.0. The van der Waals surface area contributed by atoms with Gasteiger partial charge in [0.15, 0.2) is 17.5 Å². The van der Waals surface area contributed by atoms with Crippen LogP contribution >= 0.6 is 11.3 Å². The summed E-state index contributed by atoms with van der Waals surface area (Å²) in [4.78, 5) is 15.7. The average Bonchev–Trinajstić information content (AvgIpc) is 3.81. The van der Waals surface area contributed by atoms with Gasteiger partial charge in [0.25, 0.3) is 0 Å². The molecule has 12 rings (SSSR count). The summed E-state index contributed by atoms with van der Waals surface area (Å²) in [5.74, 6) is 1.95. The molecule has 1 aliphatic rings. The van der Waals surface area contributed by atoms with Gasteiger partial charge in [-0.3, -0.25) is 0 Å². The Morgan fingerprint density at radius 1 is 0.350 bits per heavy atom. The van der Waals surface area contributed by atoms with E-state index in [9.17, 15) is 0 Å². The lowest BCUT2D eigenvalue weighted by Gasteiger charge is -2.21. The van der Waals surface area contributed by atoms with Gasteiger partial charge in [0.1, 0.15) is 0 Å². The molecule has 0 amide bonds. The van der Waals surface area contributed by atoms with Crippen LogP contribution in [-0.2, 0) is 5.41 Å². The van der Waals surface area contributed by atoms with Gasteiger partial charge in [0.2, 0.25) is 0 Å². The first-order valence-corrected chi connectivity index (χ1v) is 21.3. The van der Waals surface area contributed by atoms with E-state index in [1.807, 2.05) is 17.4 Å². The largest absolute Gasteiger partial charge is 0.208 e. The van der Waals surface area contributed by atoms with E-state index in [2.05, 4.69) is 196 Å². The quantitative estimate of drug-likeness (QED) is 0.163. The Bertz CT molecular complexity index is 3530. The fourth-order valence-electron chi connectivity index (χ4n) is 9.47. The minimum absolute atomic E-state index is 0.147. The maximum absolute atomic E-state index is 5.28. The molecule has 11 aromatic rings. The summed E-state index contributed by atoms with van der Waals surface area (Å²) in [6, 6.07) is 67.7. The van der Waals surface area contributed by atoms with Crippen molar-refractivity contribution in [1.82, 2.24) is 15.0 Å². The van der Waals surface area contributed by atoms with Crippen molar-refractivity contribution in [2.45, 2.75) is 19.3 Å². The molecule has 9 aromatic carbocycles. The van der Waals surface area contributed by atoms with Crippen molar-refractivity contribution in [1.29, 1.82) is 0 Å². The molecule has 0 saturated heterocycles. The van der Waals surface area contributed by atoms with Crippen LogP contribution in [0.1, 0.15) is 25.0 Å². The van der Waals surface area contributed by atoms with Crippen LogP contribution in [0.15, 0.2) is 188 Å². The van der Waals surface area contributed by atoms with Crippen LogP contribution < -0.4 is 0 Å². The number of fused-ring (bicyclic) bond motifs is 10. The zero-order valence-corrected chi connectivity index (χ0v) is 34.0. The molecule has 0 bridgehead atoms. The Kier molecular flexibility index (Phi) is 7.75. The third-order valence-electron chi connectivity index (χ3n) is 12.5. The van der Waals surface area contributed by atoms with Gasteiger partial charge in [-0.1, -0.05) is 184 Å². The number of hydrogen-bond acceptors (Lipinski definition) is 4. The molecule has 282 valence electrons. The molecule has 0 aliphatic heterocycles. The summed E-state index contributed by atoms with van der Waals surface area (Å²) in [7, 11) is 0. The summed E-state index contributed by atoms with van der Waals surface area (Å²) in [6.45, 7) is 4.63. The highest BCUT2D eigenvalue weighted by atomic mass is 32.1. The second-order valence-corrected chi connectivity index (χ2v) is 17.4. The summed E-state index contributed by atoms with van der Waals surface area (Å²) < 4.78 is 2.61. The molecular formula is C56H37N3S. The van der Waals surface area contributed by atoms with Crippen LogP contribution in [0.5, 0.6) is 0 Å². The average molecular weight is 784 g/mol. The number of aromatic nitrogens is 3. The number of benzene rings is 9. The van der Waals surface area contributed by atoms with Crippen LogP contribution in [0.3, 0.4) is 0 Å². The predicted molar refractivity (Wildman–Crippen MR) is 252 cm³/mol. The zero-order chi connectivity index (χ0) is 40.0. The molecule has 3 nitrogen and oxygen atoms in total. The first kappa shape index (κ1) is 34.7. The van der Waals surface area contributed by atoms with Crippen LogP contribution in [0.2, 0.25) is 0 Å². The van der Waals surface area contributed by atoms with Crippen LogP contribution in [0.4, 0.5) is 0 Å². The second-order valence-electron chi connectivity index (χ2n) is 16.4. The van der Waals surface area contributed by atoms with Crippen molar-refractivity contribution in [3.63, 3.8) is 0 Å². The minimum Gasteiger partial charge on any atom is -0.208 e. The van der Waals surface area contributed by atoms with E-state index in [1.165, 1.54) is 69.5 Å². The molecule has 1 aliphatic carbocycles. The van der Waals surface area contributed by atoms with Crippen LogP contribution in [0.25, 0.3) is 109 Å². The molecule has 0 spiro atoms. The van der Waals surface area contributed by atoms with Gasteiger partial charge in [0, 0.05) is 47.7 Å². The smallest absolute Gasteiger partial charge is 0.164 e. The maximum atomic E-state index is 5.28. The summed E-state index contributed by atoms with van der Waals surface area (Å²) in [5, 5.41) is 7.72. The SMILES string of the molecule is CC1(C)c2ccccc2-c2ccc(-c3nc(-c4cccc(-c5ccccc5)c4)nc(-c4cccc(-c5cccc6c5sc5c6ccc6ccc7ccccc7c65)c4)n3)cc21. The Balaban J connectivity index is 1.03. The van der Waals surface area contributed by atoms with Crippen LogP contribution in [-0.4, -0.2) is 15.0 Å². The summed E-state index contributed by atoms with van der Waals surface area (Å²) in [5.41, 5.74) is 12.5. The molecule has 0 atom stereocenters. The molecule has 4 heteroatoms. The molecule has 0 saturated carbocycles. The Hall–Kier alpha value is -7.27. The van der Waals surface area contributed by atoms with Crippen molar-refractivity contribution in [2.75, 3.05) is 0 Å². The standard InChI is InChI=1S/C56H37N3S/c1-56(2)48-24-9-8-21-44(48)45-29-28-41(33-49(45)56)55-58-53(39-18-10-16-37(31-39)34-13-4-3-5-14-34)57-54(59-55)40-19-11-17-38(32-40)43-22-12-23-46-47-30-27-36-26-25-35-15-6-7-20-42(35)50(36)52(47)60-51(43)46/h3-33H,1-2H3. The van der Waals surface area contributed by atoms with Crippen molar-refractivity contribution >= 4 is 53.1 Å². The molecule has 0 unspecified atom stereocenters. The highest BCUT2D eigenvalue weighted by Crippen LogP contribution is 2.50. The lowest BCUT2D eigenvalue weighted by atomic mass is 9.82. The van der Waals surface area contributed by atoms with E-state index >= 15 is 0 Å². The van der Waals surface area contributed by atoms with E-state index < -0.39 is 0 Å². The monoisotopic (exact) mass is 783 g/mol. The van der Waals surface area contributed by atoms with E-state index in [1.54, 1.807) is 0 Å². The topological polar surface area (TPSA) is 38.7 Å². The first-order chi connectivity index (χ1) is 29.5. The van der Waals surface area contributed by atoms with E-state index in [0.717, 1.165) is 33.4 Å². The maximum Gasteiger partial charge on any atom is 0.164 e. The van der Waals surface area contributed by atoms with E-state index in [-0.39, 0.29) is 5.41 Å². The molecule has 60 heavy (non-hydrogen) atoms. The Morgan fingerprint density at radius 3 is 1.72 bits per heavy atom. The van der Waals surface area contributed by atoms with Crippen molar-refractivity contribution in [3.05, 3.63) is 199 Å². The minimum atomic E-state index is -0.147. The lowest BCUT2D eigenvalue weighted by molar-refractivity contribution is 0.660. The van der Waals surface area contributed by atoms with E-state index in [0.29, 0.717) is 17.5 Å². The Labute approximate surface area is 352 Å². The number of rotatable bonds is 5. The molecule has 0 fully saturated rings. The summed E-state index contributed by atoms with van der Waals surface area (Å²) in [6.07, 6.45) is 0. The third kappa shape index (κ3) is 5.45. The predicted octanol–water partition coefficient (Wildman–Crippen LogP) is 15.2. The van der Waals surface area contributed by atoms with Gasteiger partial charge in [-0.15, -0.1) is 11.3 Å². The molecule has 2 heterocycles. The third-order valence-corrected chi connectivity index (χ3v) is 13.8. The van der Waals surface area contributed by atoms with Gasteiger partial charge in [-0.05, 0) is 78.9 Å². The van der Waals surface area contributed by atoms with Crippen molar-refractivity contribution in [3.8, 4) is 67.5 Å². The van der Waals surface area contributed by atoms with E-state index in [4.69, 9.17) is 15.0 Å². The fourth-order valence-corrected chi connectivity index (χ4v) is 10.9. The molecule has 2 aromatic heterocycles. The fraction of sp³-hybridized carbons (Fsp3) is 0.0536. The zero-order valence-electron chi connectivity index (χ0n) is 33.1. The summed E-state index contributed by atoms with van der Waals surface area (Å²) >= 11 is 1.89. The highest BCUT2D eigenvalue weighted by Gasteiger charge is 2.35.